The number of hydrogen-bond donors (Lipinski definition) is 0. The van der Waals surface area contributed by atoms with Crippen LogP contribution in [0.2, 0.25) is 5.02 Å². The van der Waals surface area contributed by atoms with Gasteiger partial charge in [0.2, 0.25) is 5.82 Å². The summed E-state index contributed by atoms with van der Waals surface area (Å²) in [6, 6.07) is 13.2. The largest absolute Gasteiger partial charge is 0.484 e. The van der Waals surface area contributed by atoms with Gasteiger partial charge in [0, 0.05) is 10.6 Å². The van der Waals surface area contributed by atoms with E-state index in [9.17, 15) is 4.39 Å². The van der Waals surface area contributed by atoms with Gasteiger partial charge in [-0.1, -0.05) is 40.2 Å². The first-order valence-electron chi connectivity index (χ1n) is 9.17. The van der Waals surface area contributed by atoms with Crippen molar-refractivity contribution in [3.8, 4) is 17.3 Å². The molecule has 0 saturated carbocycles. The van der Waals surface area contributed by atoms with Crippen molar-refractivity contribution in [3.63, 3.8) is 0 Å². The average Bonchev–Trinajstić information content (AvgIpc) is 3.40. The Balaban J connectivity index is 1.30. The smallest absolute Gasteiger partial charge is 0.264 e. The lowest BCUT2D eigenvalue weighted by Gasteiger charge is -2.24. The molecule has 0 fully saturated rings. The van der Waals surface area contributed by atoms with E-state index < -0.39 is 0 Å². The van der Waals surface area contributed by atoms with Crippen molar-refractivity contribution in [2.75, 3.05) is 0 Å². The van der Waals surface area contributed by atoms with E-state index in [2.05, 4.69) is 20.5 Å². The normalized spacial score (nSPS) is 15.7. The van der Waals surface area contributed by atoms with Crippen LogP contribution < -0.4 is 4.74 Å². The van der Waals surface area contributed by atoms with E-state index in [1.54, 1.807) is 4.68 Å². The fourth-order valence-corrected chi connectivity index (χ4v) is 3.45. The number of rotatable bonds is 5. The second-order valence-corrected chi connectivity index (χ2v) is 7.05. The van der Waals surface area contributed by atoms with Gasteiger partial charge in [-0.3, -0.25) is 0 Å². The number of hydrogen-bond acceptors (Lipinski definition) is 7. The summed E-state index contributed by atoms with van der Waals surface area (Å²) >= 11 is 6.28. The summed E-state index contributed by atoms with van der Waals surface area (Å²) in [6.45, 7) is 0.811. The number of benzene rings is 2. The first-order chi connectivity index (χ1) is 14.7. The fraction of sp³-hybridized carbons (Fsp3) is 0.200. The van der Waals surface area contributed by atoms with Crippen molar-refractivity contribution in [2.24, 2.45) is 0 Å². The molecule has 0 saturated heterocycles. The first-order valence-corrected chi connectivity index (χ1v) is 9.55. The minimum absolute atomic E-state index is 0.0488. The van der Waals surface area contributed by atoms with Crippen LogP contribution in [0.4, 0.5) is 4.39 Å². The Kier molecular flexibility index (Phi) is 4.89. The Bertz CT molecular complexity index is 1180. The molecule has 1 aliphatic rings. The van der Waals surface area contributed by atoms with Gasteiger partial charge in [-0.05, 0) is 30.3 Å². The molecule has 2 aromatic carbocycles. The van der Waals surface area contributed by atoms with Gasteiger partial charge in [0.15, 0.2) is 12.3 Å². The SMILES string of the molecule is Fc1ccc(OCc2nc(-c3nnn4c3CO[C@@H](c3ccccc3Cl)C4)no2)cc1. The molecule has 5 rings (SSSR count). The van der Waals surface area contributed by atoms with Crippen LogP contribution in [0.25, 0.3) is 11.5 Å². The number of aromatic nitrogens is 5. The third-order valence-electron chi connectivity index (χ3n) is 4.71. The Morgan fingerprint density at radius 3 is 2.83 bits per heavy atom. The standard InChI is InChI=1S/C20H15ClFN5O3/c21-15-4-2-1-3-14(15)17-9-27-16(10-29-17)19(24-26-27)20-23-18(30-25-20)11-28-13-7-5-12(22)6-8-13/h1-8,17H,9-11H2/t17-/m1/s1. The van der Waals surface area contributed by atoms with E-state index in [-0.39, 0.29) is 31.0 Å². The van der Waals surface area contributed by atoms with E-state index in [0.717, 1.165) is 11.3 Å². The van der Waals surface area contributed by atoms with Crippen LogP contribution >= 0.6 is 11.6 Å². The molecule has 152 valence electrons. The quantitative estimate of drug-likeness (QED) is 0.476. The second-order valence-electron chi connectivity index (χ2n) is 6.64. The summed E-state index contributed by atoms with van der Waals surface area (Å²) < 4.78 is 31.5. The van der Waals surface area contributed by atoms with Crippen LogP contribution in [-0.4, -0.2) is 25.1 Å². The Morgan fingerprint density at radius 1 is 1.17 bits per heavy atom. The molecule has 8 nitrogen and oxygen atoms in total. The lowest BCUT2D eigenvalue weighted by molar-refractivity contribution is -0.00106. The van der Waals surface area contributed by atoms with Gasteiger partial charge < -0.3 is 14.0 Å². The molecular formula is C20H15ClFN5O3. The zero-order valence-electron chi connectivity index (χ0n) is 15.5. The molecule has 10 heteroatoms. The van der Waals surface area contributed by atoms with Crippen LogP contribution in [0.5, 0.6) is 5.75 Å². The van der Waals surface area contributed by atoms with E-state index in [1.807, 2.05) is 24.3 Å². The predicted octanol–water partition coefficient (Wildman–Crippen LogP) is 3.97. The Morgan fingerprint density at radius 2 is 2.00 bits per heavy atom. The molecule has 0 unspecified atom stereocenters. The zero-order chi connectivity index (χ0) is 20.5. The molecule has 1 atom stereocenters. The lowest BCUT2D eigenvalue weighted by atomic mass is 10.1. The van der Waals surface area contributed by atoms with Crippen LogP contribution in [0.1, 0.15) is 23.3 Å². The summed E-state index contributed by atoms with van der Waals surface area (Å²) in [4.78, 5) is 4.32. The molecule has 0 radical (unpaired) electrons. The minimum Gasteiger partial charge on any atom is -0.484 e. The maximum absolute atomic E-state index is 13.0. The fourth-order valence-electron chi connectivity index (χ4n) is 3.20. The van der Waals surface area contributed by atoms with E-state index >= 15 is 0 Å². The van der Waals surface area contributed by atoms with Crippen molar-refractivity contribution in [1.82, 2.24) is 25.1 Å². The monoisotopic (exact) mass is 427 g/mol. The molecule has 1 aliphatic heterocycles. The highest BCUT2D eigenvalue weighted by molar-refractivity contribution is 6.31. The highest BCUT2D eigenvalue weighted by atomic mass is 35.5. The highest BCUT2D eigenvalue weighted by Crippen LogP contribution is 2.32. The zero-order valence-corrected chi connectivity index (χ0v) is 16.3. The second kappa shape index (κ2) is 7.85. The topological polar surface area (TPSA) is 88.1 Å². The van der Waals surface area contributed by atoms with Crippen molar-refractivity contribution < 1.29 is 18.4 Å². The van der Waals surface area contributed by atoms with Crippen LogP contribution in [-0.2, 0) is 24.5 Å². The van der Waals surface area contributed by atoms with Gasteiger partial charge in [0.1, 0.15) is 17.7 Å². The molecule has 3 heterocycles. The molecule has 0 N–H and O–H groups in total. The number of ether oxygens (including phenoxy) is 2. The van der Waals surface area contributed by atoms with Crippen LogP contribution in [0.3, 0.4) is 0 Å². The maximum Gasteiger partial charge on any atom is 0.264 e. The molecule has 30 heavy (non-hydrogen) atoms. The van der Waals surface area contributed by atoms with Crippen molar-refractivity contribution in [3.05, 3.63) is 76.5 Å². The van der Waals surface area contributed by atoms with Crippen molar-refractivity contribution >= 4 is 11.6 Å². The van der Waals surface area contributed by atoms with Crippen molar-refractivity contribution in [1.29, 1.82) is 0 Å². The summed E-state index contributed by atoms with van der Waals surface area (Å²) in [6.07, 6.45) is -0.217. The third-order valence-corrected chi connectivity index (χ3v) is 5.05. The van der Waals surface area contributed by atoms with Crippen LogP contribution in [0, 0.1) is 5.82 Å². The number of halogens is 2. The molecule has 2 aromatic heterocycles. The van der Waals surface area contributed by atoms with Gasteiger partial charge in [-0.15, -0.1) is 5.10 Å². The van der Waals surface area contributed by atoms with Gasteiger partial charge >= 0.3 is 0 Å². The Hall–Kier alpha value is -3.30. The van der Waals surface area contributed by atoms with E-state index in [4.69, 9.17) is 25.6 Å². The summed E-state index contributed by atoms with van der Waals surface area (Å²) in [5.41, 5.74) is 2.15. The highest BCUT2D eigenvalue weighted by Gasteiger charge is 2.28. The molecule has 0 amide bonds. The van der Waals surface area contributed by atoms with Gasteiger partial charge in [0.05, 0.1) is 18.8 Å². The Labute approximate surface area is 175 Å². The van der Waals surface area contributed by atoms with Gasteiger partial charge in [0.25, 0.3) is 5.89 Å². The molecule has 0 bridgehead atoms. The first kappa shape index (κ1) is 18.7. The molecule has 4 aromatic rings. The summed E-state index contributed by atoms with van der Waals surface area (Å²) in [5, 5.41) is 13.0. The van der Waals surface area contributed by atoms with Gasteiger partial charge in [-0.2, -0.15) is 4.98 Å². The average molecular weight is 428 g/mol. The van der Waals surface area contributed by atoms with E-state index in [1.165, 1.54) is 24.3 Å². The molecular weight excluding hydrogens is 413 g/mol. The third kappa shape index (κ3) is 3.64. The maximum atomic E-state index is 13.0. The summed E-state index contributed by atoms with van der Waals surface area (Å²) in [7, 11) is 0. The van der Waals surface area contributed by atoms with Crippen LogP contribution in [0.15, 0.2) is 53.1 Å². The molecule has 0 aliphatic carbocycles. The molecule has 0 spiro atoms. The lowest BCUT2D eigenvalue weighted by Crippen LogP contribution is -2.22. The summed E-state index contributed by atoms with van der Waals surface area (Å²) in [5.74, 6) is 0.727. The van der Waals surface area contributed by atoms with Crippen molar-refractivity contribution in [2.45, 2.75) is 25.9 Å². The number of nitrogens with zero attached hydrogens (tertiary/aromatic N) is 5. The minimum atomic E-state index is -0.335. The van der Waals surface area contributed by atoms with Gasteiger partial charge in [-0.25, -0.2) is 9.07 Å². The van der Waals surface area contributed by atoms with E-state index in [0.29, 0.717) is 28.8 Å². The number of fused-ring (bicyclic) bond motifs is 1. The predicted molar refractivity (Wildman–Crippen MR) is 103 cm³/mol.